The Bertz CT molecular complexity index is 589. The number of ether oxygens (including phenoxy) is 2. The van der Waals surface area contributed by atoms with E-state index in [-0.39, 0.29) is 35.9 Å². The molecule has 0 unspecified atom stereocenters. The second-order valence-electron chi connectivity index (χ2n) is 5.34. The summed E-state index contributed by atoms with van der Waals surface area (Å²) in [7, 11) is 1.30. The van der Waals surface area contributed by atoms with Crippen molar-refractivity contribution in [2.24, 2.45) is 0 Å². The first-order chi connectivity index (χ1) is 11.5. The van der Waals surface area contributed by atoms with Gasteiger partial charge in [-0.05, 0) is 31.0 Å². The zero-order chi connectivity index (χ0) is 17.5. The summed E-state index contributed by atoms with van der Waals surface area (Å²) in [6.45, 7) is -1.22. The molecule has 0 saturated carbocycles. The Morgan fingerprint density at radius 1 is 1.25 bits per heavy atom. The lowest BCUT2D eigenvalue weighted by atomic mass is 10.2. The standard InChI is InChI=1S/C16H20F2N2O4/c1-23-13-10-11(4-5-12(13)24-16(17)18)15(22)19-7-6-14(21)20-8-2-3-9-20/h4-5,10,16H,2-3,6-9H2,1H3,(H,19,22). The van der Waals surface area contributed by atoms with Crippen molar-refractivity contribution in [2.45, 2.75) is 25.9 Å². The fourth-order valence-electron chi connectivity index (χ4n) is 2.51. The van der Waals surface area contributed by atoms with Crippen molar-refractivity contribution in [3.05, 3.63) is 23.8 Å². The van der Waals surface area contributed by atoms with E-state index in [1.807, 2.05) is 0 Å². The number of carbonyl (C=O) groups excluding carboxylic acids is 2. The van der Waals surface area contributed by atoms with Gasteiger partial charge in [-0.25, -0.2) is 0 Å². The number of halogens is 2. The van der Waals surface area contributed by atoms with Crippen molar-refractivity contribution in [2.75, 3.05) is 26.7 Å². The molecule has 2 amide bonds. The van der Waals surface area contributed by atoms with Crippen LogP contribution in [0.5, 0.6) is 11.5 Å². The highest BCUT2D eigenvalue weighted by Gasteiger charge is 2.18. The number of methoxy groups -OCH3 is 1. The second-order valence-corrected chi connectivity index (χ2v) is 5.34. The first-order valence-corrected chi connectivity index (χ1v) is 7.70. The minimum absolute atomic E-state index is 0.0195. The van der Waals surface area contributed by atoms with Crippen LogP contribution in [0.2, 0.25) is 0 Å². The number of likely N-dealkylation sites (tertiary alicyclic amines) is 1. The molecular formula is C16H20F2N2O4. The van der Waals surface area contributed by atoms with Crippen molar-refractivity contribution in [3.8, 4) is 11.5 Å². The van der Waals surface area contributed by atoms with Gasteiger partial charge in [0.15, 0.2) is 11.5 Å². The molecule has 1 fully saturated rings. The number of amides is 2. The van der Waals surface area contributed by atoms with Crippen LogP contribution in [-0.4, -0.2) is 50.1 Å². The van der Waals surface area contributed by atoms with Crippen LogP contribution in [0.25, 0.3) is 0 Å². The van der Waals surface area contributed by atoms with Gasteiger partial charge in [-0.2, -0.15) is 8.78 Å². The third-order valence-corrected chi connectivity index (χ3v) is 3.73. The van der Waals surface area contributed by atoms with Crippen LogP contribution < -0.4 is 14.8 Å². The normalized spacial score (nSPS) is 13.9. The average molecular weight is 342 g/mol. The van der Waals surface area contributed by atoms with Crippen LogP contribution in [-0.2, 0) is 4.79 Å². The maximum absolute atomic E-state index is 12.3. The molecule has 2 rings (SSSR count). The number of carbonyl (C=O) groups is 2. The van der Waals surface area contributed by atoms with Gasteiger partial charge in [0, 0.05) is 31.6 Å². The molecule has 1 aliphatic rings. The minimum atomic E-state index is -2.98. The first kappa shape index (κ1) is 18.0. The van der Waals surface area contributed by atoms with Gasteiger partial charge >= 0.3 is 6.61 Å². The molecule has 1 N–H and O–H groups in total. The Kier molecular flexibility index (Phi) is 6.34. The Hall–Kier alpha value is -2.38. The minimum Gasteiger partial charge on any atom is -0.493 e. The third-order valence-electron chi connectivity index (χ3n) is 3.73. The van der Waals surface area contributed by atoms with E-state index in [2.05, 4.69) is 10.1 Å². The summed E-state index contributed by atoms with van der Waals surface area (Å²) >= 11 is 0. The monoisotopic (exact) mass is 342 g/mol. The predicted molar refractivity (Wildman–Crippen MR) is 82.4 cm³/mol. The summed E-state index contributed by atoms with van der Waals surface area (Å²) < 4.78 is 33.8. The lowest BCUT2D eigenvalue weighted by Crippen LogP contribution is -2.32. The van der Waals surface area contributed by atoms with E-state index in [0.29, 0.717) is 0 Å². The lowest BCUT2D eigenvalue weighted by molar-refractivity contribution is -0.129. The number of hydrogen-bond donors (Lipinski definition) is 1. The summed E-state index contributed by atoms with van der Waals surface area (Å²) in [6, 6.07) is 3.92. The third kappa shape index (κ3) is 4.81. The number of nitrogens with one attached hydrogen (secondary N) is 1. The van der Waals surface area contributed by atoms with Crippen LogP contribution >= 0.6 is 0 Å². The molecule has 0 radical (unpaired) electrons. The average Bonchev–Trinajstić information content (AvgIpc) is 3.09. The molecule has 8 heteroatoms. The van der Waals surface area contributed by atoms with Crippen LogP contribution in [0.1, 0.15) is 29.6 Å². The molecule has 1 aromatic rings. The van der Waals surface area contributed by atoms with E-state index in [9.17, 15) is 18.4 Å². The fourth-order valence-corrected chi connectivity index (χ4v) is 2.51. The zero-order valence-electron chi connectivity index (χ0n) is 13.4. The smallest absolute Gasteiger partial charge is 0.387 e. The molecule has 1 heterocycles. The number of hydrogen-bond acceptors (Lipinski definition) is 4. The number of rotatable bonds is 7. The molecule has 0 atom stereocenters. The summed E-state index contributed by atoms with van der Waals surface area (Å²) in [5, 5.41) is 2.63. The predicted octanol–water partition coefficient (Wildman–Crippen LogP) is 2.04. The number of benzene rings is 1. The highest BCUT2D eigenvalue weighted by Crippen LogP contribution is 2.29. The largest absolute Gasteiger partial charge is 0.493 e. The zero-order valence-corrected chi connectivity index (χ0v) is 13.4. The van der Waals surface area contributed by atoms with Crippen LogP contribution in [0, 0.1) is 0 Å². The SMILES string of the molecule is COc1cc(C(=O)NCCC(=O)N2CCCC2)ccc1OC(F)F. The van der Waals surface area contributed by atoms with Crippen LogP contribution in [0.4, 0.5) is 8.78 Å². The quantitative estimate of drug-likeness (QED) is 0.823. The number of nitrogens with zero attached hydrogens (tertiary/aromatic N) is 1. The van der Waals surface area contributed by atoms with Gasteiger partial charge < -0.3 is 19.7 Å². The van der Waals surface area contributed by atoms with Crippen molar-refractivity contribution in [1.82, 2.24) is 10.2 Å². The van der Waals surface area contributed by atoms with E-state index in [1.165, 1.54) is 25.3 Å². The van der Waals surface area contributed by atoms with Gasteiger partial charge in [0.05, 0.1) is 7.11 Å². The lowest BCUT2D eigenvalue weighted by Gasteiger charge is -2.15. The molecule has 0 spiro atoms. The molecular weight excluding hydrogens is 322 g/mol. The van der Waals surface area contributed by atoms with Crippen molar-refractivity contribution in [1.29, 1.82) is 0 Å². The molecule has 0 aliphatic carbocycles. The Balaban J connectivity index is 1.88. The molecule has 1 saturated heterocycles. The summed E-state index contributed by atoms with van der Waals surface area (Å²) in [4.78, 5) is 25.7. The summed E-state index contributed by atoms with van der Waals surface area (Å²) in [5.74, 6) is -0.499. The topological polar surface area (TPSA) is 67.9 Å². The van der Waals surface area contributed by atoms with E-state index >= 15 is 0 Å². The molecule has 24 heavy (non-hydrogen) atoms. The highest BCUT2D eigenvalue weighted by molar-refractivity contribution is 5.95. The Labute approximate surface area is 138 Å². The molecule has 0 bridgehead atoms. The van der Waals surface area contributed by atoms with Crippen LogP contribution in [0.3, 0.4) is 0 Å². The van der Waals surface area contributed by atoms with Gasteiger partial charge in [0.2, 0.25) is 5.91 Å². The van der Waals surface area contributed by atoms with Gasteiger partial charge in [-0.15, -0.1) is 0 Å². The van der Waals surface area contributed by atoms with E-state index in [0.717, 1.165) is 25.9 Å². The highest BCUT2D eigenvalue weighted by atomic mass is 19.3. The first-order valence-electron chi connectivity index (χ1n) is 7.70. The summed E-state index contributed by atoms with van der Waals surface area (Å²) in [6.07, 6.45) is 2.27. The molecule has 1 aliphatic heterocycles. The molecule has 1 aromatic carbocycles. The summed E-state index contributed by atoms with van der Waals surface area (Å²) in [5.41, 5.74) is 0.238. The molecule has 132 valence electrons. The van der Waals surface area contributed by atoms with Crippen LogP contribution in [0.15, 0.2) is 18.2 Å². The van der Waals surface area contributed by atoms with Crippen molar-refractivity contribution in [3.63, 3.8) is 0 Å². The van der Waals surface area contributed by atoms with E-state index in [4.69, 9.17) is 4.74 Å². The van der Waals surface area contributed by atoms with E-state index < -0.39 is 12.5 Å². The molecule has 0 aromatic heterocycles. The van der Waals surface area contributed by atoms with Gasteiger partial charge in [0.1, 0.15) is 0 Å². The second kappa shape index (κ2) is 8.47. The van der Waals surface area contributed by atoms with Gasteiger partial charge in [-0.1, -0.05) is 0 Å². The maximum Gasteiger partial charge on any atom is 0.387 e. The van der Waals surface area contributed by atoms with Gasteiger partial charge in [0.25, 0.3) is 5.91 Å². The maximum atomic E-state index is 12.3. The van der Waals surface area contributed by atoms with Crippen molar-refractivity contribution < 1.29 is 27.8 Å². The Morgan fingerprint density at radius 2 is 1.96 bits per heavy atom. The van der Waals surface area contributed by atoms with Gasteiger partial charge in [-0.3, -0.25) is 9.59 Å². The van der Waals surface area contributed by atoms with E-state index in [1.54, 1.807) is 4.90 Å². The Morgan fingerprint density at radius 3 is 2.58 bits per heavy atom. The molecule has 6 nitrogen and oxygen atoms in total. The fraction of sp³-hybridized carbons (Fsp3) is 0.500. The number of alkyl halides is 2. The van der Waals surface area contributed by atoms with Crippen molar-refractivity contribution >= 4 is 11.8 Å².